The topological polar surface area (TPSA) is 69.4 Å². The molecule has 0 aromatic heterocycles. The van der Waals surface area contributed by atoms with Gasteiger partial charge in [0.2, 0.25) is 0 Å². The SMILES string of the molecule is NCC1(C2CS(=O)(=O)c3ccccc32)CCOC1C1CC1. The third kappa shape index (κ3) is 1.91. The summed E-state index contributed by atoms with van der Waals surface area (Å²) in [6, 6.07) is 7.43. The summed E-state index contributed by atoms with van der Waals surface area (Å²) in [7, 11) is -3.18. The van der Waals surface area contributed by atoms with Gasteiger partial charge in [0.25, 0.3) is 0 Å². The van der Waals surface area contributed by atoms with Crippen LogP contribution in [0.1, 0.15) is 30.7 Å². The second kappa shape index (κ2) is 4.54. The van der Waals surface area contributed by atoms with E-state index < -0.39 is 9.84 Å². The molecule has 1 aromatic rings. The first-order chi connectivity index (χ1) is 10.1. The molecular formula is C16H21NO3S. The molecule has 0 radical (unpaired) electrons. The molecule has 3 atom stereocenters. The summed E-state index contributed by atoms with van der Waals surface area (Å²) in [5, 5.41) is 0. The van der Waals surface area contributed by atoms with Gasteiger partial charge >= 0.3 is 0 Å². The maximum Gasteiger partial charge on any atom is 0.179 e. The van der Waals surface area contributed by atoms with Gasteiger partial charge in [-0.1, -0.05) is 18.2 Å². The number of ether oxygens (including phenoxy) is 1. The number of hydrogen-bond donors (Lipinski definition) is 1. The third-order valence-corrected chi connectivity index (χ3v) is 7.39. The molecule has 4 nitrogen and oxygen atoms in total. The van der Waals surface area contributed by atoms with E-state index >= 15 is 0 Å². The number of nitrogens with two attached hydrogens (primary N) is 1. The first kappa shape index (κ1) is 13.7. The number of benzene rings is 1. The Hall–Kier alpha value is -0.910. The highest BCUT2D eigenvalue weighted by molar-refractivity contribution is 7.91. The lowest BCUT2D eigenvalue weighted by Gasteiger charge is -2.38. The highest BCUT2D eigenvalue weighted by Gasteiger charge is 2.57. The smallest absolute Gasteiger partial charge is 0.179 e. The molecule has 4 rings (SSSR count). The molecule has 0 amide bonds. The van der Waals surface area contributed by atoms with Gasteiger partial charge in [-0.15, -0.1) is 0 Å². The maximum absolute atomic E-state index is 12.5. The van der Waals surface area contributed by atoms with E-state index in [1.165, 1.54) is 12.8 Å². The van der Waals surface area contributed by atoms with Crippen LogP contribution in [0.2, 0.25) is 0 Å². The second-order valence-electron chi connectivity index (χ2n) is 6.69. The van der Waals surface area contributed by atoms with Crippen molar-refractivity contribution in [2.24, 2.45) is 17.1 Å². The number of hydrogen-bond acceptors (Lipinski definition) is 4. The average molecular weight is 307 g/mol. The Morgan fingerprint density at radius 2 is 2.05 bits per heavy atom. The maximum atomic E-state index is 12.5. The van der Waals surface area contributed by atoms with Crippen molar-refractivity contribution >= 4 is 9.84 Å². The van der Waals surface area contributed by atoms with E-state index in [1.807, 2.05) is 12.1 Å². The number of rotatable bonds is 3. The summed E-state index contributed by atoms with van der Waals surface area (Å²) in [5.41, 5.74) is 6.93. The molecule has 3 unspecified atom stereocenters. The highest BCUT2D eigenvalue weighted by atomic mass is 32.2. The van der Waals surface area contributed by atoms with Gasteiger partial charge in [0, 0.05) is 24.5 Å². The van der Waals surface area contributed by atoms with E-state index in [2.05, 4.69) is 0 Å². The molecule has 1 aliphatic carbocycles. The van der Waals surface area contributed by atoms with Crippen LogP contribution in [-0.2, 0) is 14.6 Å². The summed E-state index contributed by atoms with van der Waals surface area (Å²) in [6.45, 7) is 1.21. The van der Waals surface area contributed by atoms with Gasteiger partial charge in [0.05, 0.1) is 16.8 Å². The van der Waals surface area contributed by atoms with Crippen LogP contribution in [0, 0.1) is 11.3 Å². The van der Waals surface area contributed by atoms with Crippen molar-refractivity contribution in [3.8, 4) is 0 Å². The van der Waals surface area contributed by atoms with Crippen LogP contribution in [0.25, 0.3) is 0 Å². The van der Waals surface area contributed by atoms with Crippen LogP contribution in [0.15, 0.2) is 29.2 Å². The van der Waals surface area contributed by atoms with Crippen LogP contribution in [0.5, 0.6) is 0 Å². The normalized spacial score (nSPS) is 37.6. The molecule has 0 spiro atoms. The monoisotopic (exact) mass is 307 g/mol. The third-order valence-electron chi connectivity index (χ3n) is 5.57. The molecule has 2 N–H and O–H groups in total. The van der Waals surface area contributed by atoms with Crippen molar-refractivity contribution in [3.63, 3.8) is 0 Å². The van der Waals surface area contributed by atoms with Crippen molar-refractivity contribution in [1.82, 2.24) is 0 Å². The van der Waals surface area contributed by atoms with E-state index in [0.717, 1.165) is 12.0 Å². The largest absolute Gasteiger partial charge is 0.377 e. The fourth-order valence-corrected chi connectivity index (χ4v) is 6.33. The number of sulfone groups is 1. The molecule has 1 saturated heterocycles. The Balaban J connectivity index is 1.82. The molecule has 2 fully saturated rings. The summed E-state index contributed by atoms with van der Waals surface area (Å²) in [5.74, 6) is 0.749. The van der Waals surface area contributed by atoms with Crippen molar-refractivity contribution in [2.45, 2.75) is 36.2 Å². The van der Waals surface area contributed by atoms with Crippen LogP contribution in [-0.4, -0.2) is 33.4 Å². The summed E-state index contributed by atoms with van der Waals surface area (Å²) >= 11 is 0. The lowest BCUT2D eigenvalue weighted by Crippen LogP contribution is -2.45. The minimum Gasteiger partial charge on any atom is -0.377 e. The zero-order chi connectivity index (χ0) is 14.7. The fourth-order valence-electron chi connectivity index (χ4n) is 4.35. The molecule has 0 bridgehead atoms. The van der Waals surface area contributed by atoms with Gasteiger partial charge in [0.15, 0.2) is 9.84 Å². The van der Waals surface area contributed by atoms with Gasteiger partial charge in [0.1, 0.15) is 0 Å². The molecular weight excluding hydrogens is 286 g/mol. The molecule has 1 saturated carbocycles. The quantitative estimate of drug-likeness (QED) is 0.923. The Labute approximate surface area is 125 Å². The molecule has 21 heavy (non-hydrogen) atoms. The summed E-state index contributed by atoms with van der Waals surface area (Å²) < 4.78 is 31.0. The van der Waals surface area contributed by atoms with Crippen LogP contribution in [0.3, 0.4) is 0 Å². The molecule has 3 aliphatic rings. The minimum atomic E-state index is -3.18. The second-order valence-corrected chi connectivity index (χ2v) is 8.69. The van der Waals surface area contributed by atoms with Gasteiger partial charge in [-0.25, -0.2) is 8.42 Å². The van der Waals surface area contributed by atoms with E-state index in [0.29, 0.717) is 24.0 Å². The highest BCUT2D eigenvalue weighted by Crippen LogP contribution is 2.56. The van der Waals surface area contributed by atoms with Crippen LogP contribution >= 0.6 is 0 Å². The van der Waals surface area contributed by atoms with Gasteiger partial charge in [-0.05, 0) is 36.8 Å². The van der Waals surface area contributed by atoms with Gasteiger partial charge < -0.3 is 10.5 Å². The van der Waals surface area contributed by atoms with Crippen molar-refractivity contribution in [3.05, 3.63) is 29.8 Å². The number of fused-ring (bicyclic) bond motifs is 1. The van der Waals surface area contributed by atoms with E-state index in [4.69, 9.17) is 10.5 Å². The van der Waals surface area contributed by atoms with Crippen molar-refractivity contribution < 1.29 is 13.2 Å². The fraction of sp³-hybridized carbons (Fsp3) is 0.625. The summed E-state index contributed by atoms with van der Waals surface area (Å²) in [6.07, 6.45) is 3.38. The van der Waals surface area contributed by atoms with Gasteiger partial charge in [-0.3, -0.25) is 0 Å². The zero-order valence-corrected chi connectivity index (χ0v) is 12.8. The van der Waals surface area contributed by atoms with Crippen LogP contribution in [0.4, 0.5) is 0 Å². The van der Waals surface area contributed by atoms with Crippen molar-refractivity contribution in [2.75, 3.05) is 18.9 Å². The van der Waals surface area contributed by atoms with E-state index in [-0.39, 0.29) is 23.2 Å². The standard InChI is InChI=1S/C16H21NO3S/c17-10-16(7-8-20-15(16)11-5-6-11)13-9-21(18,19)14-4-2-1-3-12(13)14/h1-4,11,13,15H,5-10,17H2. The Kier molecular flexibility index (Phi) is 2.97. The summed E-state index contributed by atoms with van der Waals surface area (Å²) in [4.78, 5) is 0.504. The average Bonchev–Trinajstić information content (AvgIpc) is 3.17. The Morgan fingerprint density at radius 1 is 1.29 bits per heavy atom. The zero-order valence-electron chi connectivity index (χ0n) is 12.0. The van der Waals surface area contributed by atoms with E-state index in [9.17, 15) is 8.42 Å². The minimum absolute atomic E-state index is 0.0169. The molecule has 2 heterocycles. The molecule has 2 aliphatic heterocycles. The first-order valence-corrected chi connectivity index (χ1v) is 9.37. The molecule has 5 heteroatoms. The van der Waals surface area contributed by atoms with E-state index in [1.54, 1.807) is 12.1 Å². The lowest BCUT2D eigenvalue weighted by molar-refractivity contribution is 0.0245. The predicted molar refractivity (Wildman–Crippen MR) is 79.8 cm³/mol. The van der Waals surface area contributed by atoms with Gasteiger partial charge in [-0.2, -0.15) is 0 Å². The molecule has 1 aromatic carbocycles. The first-order valence-electron chi connectivity index (χ1n) is 7.72. The Morgan fingerprint density at radius 3 is 2.76 bits per heavy atom. The van der Waals surface area contributed by atoms with Crippen LogP contribution < -0.4 is 5.73 Å². The molecule has 114 valence electrons. The lowest BCUT2D eigenvalue weighted by atomic mass is 9.67. The predicted octanol–water partition coefficient (Wildman–Crippen LogP) is 1.70. The van der Waals surface area contributed by atoms with Crippen molar-refractivity contribution in [1.29, 1.82) is 0 Å². The Bertz CT molecular complexity index is 668.